The van der Waals surface area contributed by atoms with Gasteiger partial charge in [-0.15, -0.1) is 10.2 Å². The second-order valence-corrected chi connectivity index (χ2v) is 6.45. The van der Waals surface area contributed by atoms with Gasteiger partial charge in [-0.2, -0.15) is 0 Å². The van der Waals surface area contributed by atoms with E-state index >= 15 is 0 Å². The SMILES string of the molecule is CCCCOc1ccc(C(=O)O[C@@H](C)c2nnc(-c3ccc(OC)cc3)o2)cc1. The lowest BCUT2D eigenvalue weighted by atomic mass is 10.2. The van der Waals surface area contributed by atoms with Gasteiger partial charge in [0.25, 0.3) is 5.89 Å². The van der Waals surface area contributed by atoms with Crippen LogP contribution >= 0.6 is 0 Å². The Kier molecular flexibility index (Phi) is 6.84. The maximum absolute atomic E-state index is 12.4. The second-order valence-electron chi connectivity index (χ2n) is 6.45. The third-order valence-corrected chi connectivity index (χ3v) is 4.27. The van der Waals surface area contributed by atoms with Crippen molar-refractivity contribution in [3.8, 4) is 23.0 Å². The summed E-state index contributed by atoms with van der Waals surface area (Å²) in [6.45, 7) is 4.45. The van der Waals surface area contributed by atoms with Crippen molar-refractivity contribution in [3.05, 3.63) is 60.0 Å². The van der Waals surface area contributed by atoms with E-state index in [1.54, 1.807) is 50.4 Å². The summed E-state index contributed by atoms with van der Waals surface area (Å²) in [6.07, 6.45) is 1.38. The number of unbranched alkanes of at least 4 members (excludes halogenated alkanes) is 1. The Hall–Kier alpha value is -3.35. The van der Waals surface area contributed by atoms with Gasteiger partial charge in [-0.3, -0.25) is 0 Å². The molecule has 29 heavy (non-hydrogen) atoms. The van der Waals surface area contributed by atoms with E-state index in [2.05, 4.69) is 17.1 Å². The number of benzene rings is 2. The lowest BCUT2D eigenvalue weighted by Crippen LogP contribution is -2.09. The van der Waals surface area contributed by atoms with Crippen LogP contribution < -0.4 is 9.47 Å². The zero-order chi connectivity index (χ0) is 20.6. The van der Waals surface area contributed by atoms with E-state index in [-0.39, 0.29) is 5.89 Å². The highest BCUT2D eigenvalue weighted by molar-refractivity contribution is 5.89. The molecule has 7 nitrogen and oxygen atoms in total. The molecule has 0 amide bonds. The van der Waals surface area contributed by atoms with Gasteiger partial charge in [-0.05, 0) is 61.9 Å². The van der Waals surface area contributed by atoms with Gasteiger partial charge in [0.1, 0.15) is 11.5 Å². The highest BCUT2D eigenvalue weighted by Gasteiger charge is 2.20. The summed E-state index contributed by atoms with van der Waals surface area (Å²) in [7, 11) is 1.60. The molecule has 0 aliphatic carbocycles. The molecule has 1 aromatic heterocycles. The fourth-order valence-electron chi connectivity index (χ4n) is 2.55. The van der Waals surface area contributed by atoms with Crippen LogP contribution in [0.3, 0.4) is 0 Å². The van der Waals surface area contributed by atoms with Crippen LogP contribution in [-0.4, -0.2) is 29.9 Å². The number of aromatic nitrogens is 2. The van der Waals surface area contributed by atoms with Gasteiger partial charge < -0.3 is 18.6 Å². The predicted molar refractivity (Wildman–Crippen MR) is 107 cm³/mol. The van der Waals surface area contributed by atoms with Crippen molar-refractivity contribution < 1.29 is 23.4 Å². The summed E-state index contributed by atoms with van der Waals surface area (Å²) in [5.41, 5.74) is 1.18. The molecule has 1 heterocycles. The molecular formula is C22H24N2O5. The molecule has 152 valence electrons. The summed E-state index contributed by atoms with van der Waals surface area (Å²) in [5.74, 6) is 1.56. The number of rotatable bonds is 9. The monoisotopic (exact) mass is 396 g/mol. The van der Waals surface area contributed by atoms with Gasteiger partial charge in [0.05, 0.1) is 19.3 Å². The van der Waals surface area contributed by atoms with Crippen molar-refractivity contribution in [3.63, 3.8) is 0 Å². The third-order valence-electron chi connectivity index (χ3n) is 4.27. The Morgan fingerprint density at radius 3 is 2.38 bits per heavy atom. The summed E-state index contributed by atoms with van der Waals surface area (Å²) in [4.78, 5) is 12.4. The largest absolute Gasteiger partial charge is 0.497 e. The first-order chi connectivity index (χ1) is 14.1. The van der Waals surface area contributed by atoms with E-state index in [0.29, 0.717) is 18.1 Å². The van der Waals surface area contributed by atoms with E-state index in [9.17, 15) is 4.79 Å². The van der Waals surface area contributed by atoms with E-state index in [1.807, 2.05) is 12.1 Å². The molecule has 7 heteroatoms. The van der Waals surface area contributed by atoms with Crippen LogP contribution in [0.2, 0.25) is 0 Å². The van der Waals surface area contributed by atoms with Crippen LogP contribution in [-0.2, 0) is 4.74 Å². The minimum Gasteiger partial charge on any atom is -0.497 e. The smallest absolute Gasteiger partial charge is 0.338 e. The highest BCUT2D eigenvalue weighted by atomic mass is 16.6. The molecule has 0 bridgehead atoms. The van der Waals surface area contributed by atoms with E-state index in [1.165, 1.54) is 0 Å². The average molecular weight is 396 g/mol. The molecule has 0 radical (unpaired) electrons. The summed E-state index contributed by atoms with van der Waals surface area (Å²) in [6, 6.07) is 14.1. The zero-order valence-electron chi connectivity index (χ0n) is 16.8. The normalized spacial score (nSPS) is 11.7. The maximum Gasteiger partial charge on any atom is 0.338 e. The standard InChI is InChI=1S/C22H24N2O5/c1-4-5-14-27-19-12-8-17(9-13-19)22(25)28-15(2)20-23-24-21(29-20)16-6-10-18(26-3)11-7-16/h6-13,15H,4-5,14H2,1-3H3/t15-/m0/s1. The summed E-state index contributed by atoms with van der Waals surface area (Å²) in [5, 5.41) is 8.02. The molecule has 0 saturated heterocycles. The Balaban J connectivity index is 1.60. The Labute approximate surface area is 169 Å². The number of carbonyl (C=O) groups excluding carboxylic acids is 1. The minimum absolute atomic E-state index is 0.226. The Morgan fingerprint density at radius 2 is 1.72 bits per heavy atom. The molecule has 0 saturated carbocycles. The van der Waals surface area contributed by atoms with Gasteiger partial charge >= 0.3 is 5.97 Å². The summed E-state index contributed by atoms with van der Waals surface area (Å²) >= 11 is 0. The lowest BCUT2D eigenvalue weighted by molar-refractivity contribution is 0.0280. The Bertz CT molecular complexity index is 919. The number of ether oxygens (including phenoxy) is 3. The third kappa shape index (κ3) is 5.34. The van der Waals surface area contributed by atoms with Crippen LogP contribution in [0.15, 0.2) is 52.9 Å². The molecular weight excluding hydrogens is 372 g/mol. The first kappa shape index (κ1) is 20.4. The molecule has 3 aromatic rings. The molecule has 3 rings (SSSR count). The van der Waals surface area contributed by atoms with Crippen molar-refractivity contribution in [1.82, 2.24) is 10.2 Å². The van der Waals surface area contributed by atoms with Crippen molar-refractivity contribution in [2.24, 2.45) is 0 Å². The summed E-state index contributed by atoms with van der Waals surface area (Å²) < 4.78 is 21.8. The van der Waals surface area contributed by atoms with Crippen molar-refractivity contribution in [2.45, 2.75) is 32.8 Å². The number of methoxy groups -OCH3 is 1. The van der Waals surface area contributed by atoms with Gasteiger partial charge in [0.15, 0.2) is 6.10 Å². The average Bonchev–Trinajstić information content (AvgIpc) is 3.25. The van der Waals surface area contributed by atoms with Crippen molar-refractivity contribution in [1.29, 1.82) is 0 Å². The first-order valence-electron chi connectivity index (χ1n) is 9.52. The maximum atomic E-state index is 12.4. The molecule has 0 aliphatic rings. The van der Waals surface area contributed by atoms with Crippen LogP contribution in [0.5, 0.6) is 11.5 Å². The fraction of sp³-hybridized carbons (Fsp3) is 0.318. The van der Waals surface area contributed by atoms with Crippen molar-refractivity contribution in [2.75, 3.05) is 13.7 Å². The molecule has 0 spiro atoms. The van der Waals surface area contributed by atoms with Crippen LogP contribution in [0.1, 0.15) is 49.0 Å². The molecule has 1 atom stereocenters. The van der Waals surface area contributed by atoms with Gasteiger partial charge in [0, 0.05) is 5.56 Å². The van der Waals surface area contributed by atoms with E-state index in [0.717, 1.165) is 29.9 Å². The molecule has 2 aromatic carbocycles. The number of esters is 1. The van der Waals surface area contributed by atoms with Crippen LogP contribution in [0.4, 0.5) is 0 Å². The fourth-order valence-corrected chi connectivity index (χ4v) is 2.55. The topological polar surface area (TPSA) is 83.7 Å². The molecule has 0 unspecified atom stereocenters. The number of hydrogen-bond acceptors (Lipinski definition) is 7. The lowest BCUT2D eigenvalue weighted by Gasteiger charge is -2.10. The first-order valence-corrected chi connectivity index (χ1v) is 9.52. The van der Waals surface area contributed by atoms with Gasteiger partial charge in [0.2, 0.25) is 5.89 Å². The number of hydrogen-bond donors (Lipinski definition) is 0. The molecule has 0 aliphatic heterocycles. The predicted octanol–water partition coefficient (Wildman–Crippen LogP) is 4.84. The van der Waals surface area contributed by atoms with Crippen molar-refractivity contribution >= 4 is 5.97 Å². The molecule has 0 fully saturated rings. The van der Waals surface area contributed by atoms with E-state index < -0.39 is 12.1 Å². The van der Waals surface area contributed by atoms with Crippen LogP contribution in [0, 0.1) is 0 Å². The van der Waals surface area contributed by atoms with Gasteiger partial charge in [-0.25, -0.2) is 4.79 Å². The second kappa shape index (κ2) is 9.73. The molecule has 0 N–H and O–H groups in total. The minimum atomic E-state index is -0.678. The Morgan fingerprint density at radius 1 is 1.03 bits per heavy atom. The van der Waals surface area contributed by atoms with Crippen LogP contribution in [0.25, 0.3) is 11.5 Å². The quantitative estimate of drug-likeness (QED) is 0.378. The van der Waals surface area contributed by atoms with E-state index in [4.69, 9.17) is 18.6 Å². The number of carbonyl (C=O) groups is 1. The van der Waals surface area contributed by atoms with Gasteiger partial charge in [-0.1, -0.05) is 13.3 Å². The zero-order valence-corrected chi connectivity index (χ0v) is 16.8. The number of nitrogens with zero attached hydrogens (tertiary/aromatic N) is 2. The highest BCUT2D eigenvalue weighted by Crippen LogP contribution is 2.25.